The molecular formula is C22H21FN6O3. The van der Waals surface area contributed by atoms with E-state index in [0.717, 1.165) is 11.1 Å². The van der Waals surface area contributed by atoms with E-state index in [1.807, 2.05) is 0 Å². The maximum absolute atomic E-state index is 13.1. The van der Waals surface area contributed by atoms with Gasteiger partial charge in [0, 0.05) is 31.5 Å². The standard InChI is InChI=1S/C22H21FN6O3/c1-13-16(21(31)26-15-7-5-14(23)6-8-15)12-24-20(25-13)18-4-3-11-29(18)22(32)17-9-10-19(30)28(2)27-17/h5-10,12,18H,3-4,11H2,1-2H3,(H,26,31)/t18-/m0/s1. The van der Waals surface area contributed by atoms with Gasteiger partial charge in [0.2, 0.25) is 0 Å². The Hall–Kier alpha value is -3.95. The van der Waals surface area contributed by atoms with Crippen LogP contribution in [0.3, 0.4) is 0 Å². The molecule has 1 fully saturated rings. The third-order valence-corrected chi connectivity index (χ3v) is 5.34. The van der Waals surface area contributed by atoms with Gasteiger partial charge in [-0.2, -0.15) is 5.10 Å². The minimum absolute atomic E-state index is 0.172. The molecule has 0 radical (unpaired) electrons. The van der Waals surface area contributed by atoms with E-state index < -0.39 is 11.7 Å². The van der Waals surface area contributed by atoms with Gasteiger partial charge in [-0.3, -0.25) is 14.4 Å². The molecule has 1 aliphatic rings. The van der Waals surface area contributed by atoms with E-state index in [1.165, 1.54) is 49.6 Å². The fourth-order valence-electron chi connectivity index (χ4n) is 3.64. The van der Waals surface area contributed by atoms with Crippen molar-refractivity contribution in [3.63, 3.8) is 0 Å². The molecule has 0 spiro atoms. The molecule has 32 heavy (non-hydrogen) atoms. The van der Waals surface area contributed by atoms with Gasteiger partial charge in [-0.05, 0) is 50.1 Å². The lowest BCUT2D eigenvalue weighted by Crippen LogP contribution is -2.34. The van der Waals surface area contributed by atoms with Gasteiger partial charge >= 0.3 is 0 Å². The molecule has 1 N–H and O–H groups in total. The molecule has 3 aromatic rings. The number of carbonyl (C=O) groups is 2. The predicted molar refractivity (Wildman–Crippen MR) is 114 cm³/mol. The normalized spacial score (nSPS) is 15.6. The molecule has 1 aromatic carbocycles. The summed E-state index contributed by atoms with van der Waals surface area (Å²) >= 11 is 0. The van der Waals surface area contributed by atoms with Crippen LogP contribution in [-0.2, 0) is 7.05 Å². The van der Waals surface area contributed by atoms with E-state index in [-0.39, 0.29) is 28.8 Å². The smallest absolute Gasteiger partial charge is 0.274 e. The van der Waals surface area contributed by atoms with Crippen LogP contribution in [0.1, 0.15) is 51.2 Å². The fraction of sp³-hybridized carbons (Fsp3) is 0.273. The molecule has 3 heterocycles. The highest BCUT2D eigenvalue weighted by molar-refractivity contribution is 6.04. The van der Waals surface area contributed by atoms with Gasteiger partial charge in [0.25, 0.3) is 17.4 Å². The van der Waals surface area contributed by atoms with Crippen LogP contribution in [0, 0.1) is 12.7 Å². The van der Waals surface area contributed by atoms with E-state index >= 15 is 0 Å². The molecule has 164 valence electrons. The number of aryl methyl sites for hydroxylation is 2. The zero-order valence-corrected chi connectivity index (χ0v) is 17.6. The minimum Gasteiger partial charge on any atom is -0.327 e. The predicted octanol–water partition coefficient (Wildman–Crippen LogP) is 2.25. The van der Waals surface area contributed by atoms with Crippen molar-refractivity contribution in [3.8, 4) is 0 Å². The van der Waals surface area contributed by atoms with Crippen LogP contribution in [0.25, 0.3) is 0 Å². The van der Waals surface area contributed by atoms with Crippen LogP contribution in [0.5, 0.6) is 0 Å². The lowest BCUT2D eigenvalue weighted by Gasteiger charge is -2.23. The number of benzene rings is 1. The number of hydrogen-bond acceptors (Lipinski definition) is 6. The van der Waals surface area contributed by atoms with Crippen LogP contribution < -0.4 is 10.9 Å². The van der Waals surface area contributed by atoms with Crippen molar-refractivity contribution in [2.45, 2.75) is 25.8 Å². The van der Waals surface area contributed by atoms with Gasteiger partial charge < -0.3 is 10.2 Å². The highest BCUT2D eigenvalue weighted by Crippen LogP contribution is 2.31. The summed E-state index contributed by atoms with van der Waals surface area (Å²) in [5.74, 6) is -0.663. The first-order valence-corrected chi connectivity index (χ1v) is 10.1. The Kier molecular flexibility index (Phi) is 5.76. The van der Waals surface area contributed by atoms with E-state index in [4.69, 9.17) is 0 Å². The third-order valence-electron chi connectivity index (χ3n) is 5.34. The van der Waals surface area contributed by atoms with Crippen LogP contribution in [0.4, 0.5) is 10.1 Å². The second-order valence-corrected chi connectivity index (χ2v) is 7.53. The molecular weight excluding hydrogens is 415 g/mol. The number of likely N-dealkylation sites (tertiary alicyclic amines) is 1. The highest BCUT2D eigenvalue weighted by Gasteiger charge is 2.33. The van der Waals surface area contributed by atoms with Crippen molar-refractivity contribution in [1.29, 1.82) is 0 Å². The van der Waals surface area contributed by atoms with Crippen molar-refractivity contribution in [3.05, 3.63) is 81.5 Å². The van der Waals surface area contributed by atoms with Crippen molar-refractivity contribution in [1.82, 2.24) is 24.6 Å². The number of anilines is 1. The van der Waals surface area contributed by atoms with Gasteiger partial charge in [-0.15, -0.1) is 0 Å². The molecule has 4 rings (SSSR count). The van der Waals surface area contributed by atoms with Crippen molar-refractivity contribution in [2.24, 2.45) is 7.05 Å². The molecule has 2 aromatic heterocycles. The number of hydrogen-bond donors (Lipinski definition) is 1. The number of amides is 2. The SMILES string of the molecule is Cc1nc([C@@H]2CCCN2C(=O)c2ccc(=O)n(C)n2)ncc1C(=O)Nc1ccc(F)cc1. The maximum Gasteiger partial charge on any atom is 0.274 e. The van der Waals surface area contributed by atoms with Crippen LogP contribution >= 0.6 is 0 Å². The average Bonchev–Trinajstić information content (AvgIpc) is 3.26. The maximum atomic E-state index is 13.1. The largest absolute Gasteiger partial charge is 0.327 e. The highest BCUT2D eigenvalue weighted by atomic mass is 19.1. The van der Waals surface area contributed by atoms with Crippen LogP contribution in [-0.4, -0.2) is 43.0 Å². The Labute approximate surface area is 182 Å². The van der Waals surface area contributed by atoms with E-state index in [2.05, 4.69) is 20.4 Å². The van der Waals surface area contributed by atoms with Crippen LogP contribution in [0.2, 0.25) is 0 Å². The third kappa shape index (κ3) is 4.25. The van der Waals surface area contributed by atoms with Gasteiger partial charge in [0.05, 0.1) is 17.3 Å². The second kappa shape index (κ2) is 8.66. The average molecular weight is 436 g/mol. The lowest BCUT2D eigenvalue weighted by molar-refractivity contribution is 0.0720. The molecule has 0 saturated carbocycles. The summed E-state index contributed by atoms with van der Waals surface area (Å²) in [6, 6.07) is 7.81. The van der Waals surface area contributed by atoms with Crippen LogP contribution in [0.15, 0.2) is 47.4 Å². The number of aromatic nitrogens is 4. The number of nitrogens with zero attached hydrogens (tertiary/aromatic N) is 5. The molecule has 1 atom stereocenters. The van der Waals surface area contributed by atoms with E-state index in [1.54, 1.807) is 11.8 Å². The van der Waals surface area contributed by atoms with Crippen molar-refractivity contribution >= 4 is 17.5 Å². The van der Waals surface area contributed by atoms with Crippen molar-refractivity contribution < 1.29 is 14.0 Å². The Morgan fingerprint density at radius 3 is 2.59 bits per heavy atom. The fourth-order valence-corrected chi connectivity index (χ4v) is 3.64. The van der Waals surface area contributed by atoms with Gasteiger partial charge in [0.15, 0.2) is 5.82 Å². The Morgan fingerprint density at radius 2 is 1.91 bits per heavy atom. The Balaban J connectivity index is 1.54. The van der Waals surface area contributed by atoms with Gasteiger partial charge in [-0.1, -0.05) is 0 Å². The topological polar surface area (TPSA) is 110 Å². The Bertz CT molecular complexity index is 1240. The molecule has 1 saturated heterocycles. The zero-order chi connectivity index (χ0) is 22.8. The first-order valence-electron chi connectivity index (χ1n) is 10.1. The molecule has 1 aliphatic heterocycles. The van der Waals surface area contributed by atoms with Crippen molar-refractivity contribution in [2.75, 3.05) is 11.9 Å². The summed E-state index contributed by atoms with van der Waals surface area (Å²) in [6.07, 6.45) is 2.89. The molecule has 9 nitrogen and oxygen atoms in total. The van der Waals surface area contributed by atoms with Gasteiger partial charge in [-0.25, -0.2) is 19.0 Å². The summed E-state index contributed by atoms with van der Waals surface area (Å²) in [7, 11) is 1.49. The Morgan fingerprint density at radius 1 is 1.16 bits per heavy atom. The molecule has 10 heteroatoms. The summed E-state index contributed by atoms with van der Waals surface area (Å²) in [6.45, 7) is 2.21. The quantitative estimate of drug-likeness (QED) is 0.672. The molecule has 2 amide bonds. The summed E-state index contributed by atoms with van der Waals surface area (Å²) < 4.78 is 14.2. The van der Waals surface area contributed by atoms with E-state index in [9.17, 15) is 18.8 Å². The van der Waals surface area contributed by atoms with Gasteiger partial charge in [0.1, 0.15) is 11.5 Å². The number of halogens is 1. The summed E-state index contributed by atoms with van der Waals surface area (Å²) in [5.41, 5.74) is 1.08. The molecule has 0 unspecified atom stereocenters. The summed E-state index contributed by atoms with van der Waals surface area (Å²) in [4.78, 5) is 47.6. The zero-order valence-electron chi connectivity index (χ0n) is 17.6. The number of rotatable bonds is 4. The monoisotopic (exact) mass is 436 g/mol. The minimum atomic E-state index is -0.408. The second-order valence-electron chi connectivity index (χ2n) is 7.53. The summed E-state index contributed by atoms with van der Waals surface area (Å²) in [5, 5.41) is 6.73. The molecule has 0 aliphatic carbocycles. The van der Waals surface area contributed by atoms with E-state index in [0.29, 0.717) is 30.2 Å². The first kappa shape index (κ1) is 21.3. The number of carbonyl (C=O) groups excluding carboxylic acids is 2. The number of nitrogens with one attached hydrogen (secondary N) is 1. The molecule has 0 bridgehead atoms. The lowest BCUT2D eigenvalue weighted by atomic mass is 10.1. The first-order chi connectivity index (χ1) is 15.3.